The lowest BCUT2D eigenvalue weighted by Gasteiger charge is -2.21. The van der Waals surface area contributed by atoms with E-state index in [-0.39, 0.29) is 23.6 Å². The number of hydrogen-bond donors (Lipinski definition) is 0. The van der Waals surface area contributed by atoms with Gasteiger partial charge in [0.15, 0.2) is 0 Å². The number of benzene rings is 6. The average Bonchev–Trinajstić information content (AvgIpc) is 3.52. The molecule has 6 nitrogen and oxygen atoms in total. The molecule has 2 aliphatic rings. The largest absolute Gasteiger partial charge is 0.268 e. The summed E-state index contributed by atoms with van der Waals surface area (Å²) in [6.45, 7) is 9.78. The molecule has 0 N–H and O–H groups in total. The number of aryl methyl sites for hydroxylation is 5. The number of hydrogen-bond acceptors (Lipinski definition) is 4. The maximum absolute atomic E-state index is 13.8. The maximum atomic E-state index is 13.8. The van der Waals surface area contributed by atoms with Gasteiger partial charge in [0.2, 0.25) is 0 Å². The first kappa shape index (κ1) is 31.8. The van der Waals surface area contributed by atoms with Crippen molar-refractivity contribution in [3.05, 3.63) is 165 Å². The van der Waals surface area contributed by atoms with Gasteiger partial charge in [-0.15, -0.1) is 0 Å². The number of carbonyl (C=O) groups is 4. The average molecular weight is 667 g/mol. The molecule has 0 radical (unpaired) electrons. The van der Waals surface area contributed by atoms with E-state index in [1.54, 1.807) is 24.3 Å². The lowest BCUT2D eigenvalue weighted by molar-refractivity contribution is 0.0910. The quantitative estimate of drug-likeness (QED) is 0.172. The van der Waals surface area contributed by atoms with Crippen LogP contribution in [0.3, 0.4) is 0 Å². The van der Waals surface area contributed by atoms with Gasteiger partial charge in [0.25, 0.3) is 23.6 Å². The van der Waals surface area contributed by atoms with Crippen molar-refractivity contribution in [1.82, 2.24) is 0 Å². The molecule has 0 aromatic heterocycles. The first-order valence-electron chi connectivity index (χ1n) is 16.9. The number of fused-ring (bicyclic) bond motifs is 2. The number of carbonyl (C=O) groups excluding carboxylic acids is 4. The summed E-state index contributed by atoms with van der Waals surface area (Å²) < 4.78 is 0. The van der Waals surface area contributed by atoms with Crippen LogP contribution in [-0.4, -0.2) is 23.6 Å². The van der Waals surface area contributed by atoms with E-state index in [2.05, 4.69) is 0 Å². The summed E-state index contributed by atoms with van der Waals surface area (Å²) in [6.07, 6.45) is 0. The zero-order valence-corrected chi connectivity index (χ0v) is 29.0. The van der Waals surface area contributed by atoms with Crippen LogP contribution in [0.1, 0.15) is 69.2 Å². The van der Waals surface area contributed by atoms with Crippen molar-refractivity contribution < 1.29 is 19.2 Å². The van der Waals surface area contributed by atoms with Crippen LogP contribution in [0.15, 0.2) is 115 Å². The van der Waals surface area contributed by atoms with Gasteiger partial charge >= 0.3 is 0 Å². The molecular weight excluding hydrogens is 633 g/mol. The number of nitrogens with zero attached hydrogens (tertiary/aromatic N) is 2. The van der Waals surface area contributed by atoms with Crippen molar-refractivity contribution in [3.63, 3.8) is 0 Å². The van der Waals surface area contributed by atoms with Crippen molar-refractivity contribution in [2.45, 2.75) is 34.6 Å². The Morgan fingerprint density at radius 2 is 0.725 bits per heavy atom. The van der Waals surface area contributed by atoms with Gasteiger partial charge in [-0.1, -0.05) is 77.9 Å². The van der Waals surface area contributed by atoms with Crippen LogP contribution < -0.4 is 9.80 Å². The lowest BCUT2D eigenvalue weighted by atomic mass is 9.95. The molecule has 6 aromatic carbocycles. The predicted molar refractivity (Wildman–Crippen MR) is 202 cm³/mol. The predicted octanol–water partition coefficient (Wildman–Crippen LogP) is 9.83. The van der Waals surface area contributed by atoms with Crippen LogP contribution >= 0.6 is 0 Å². The molecule has 2 heterocycles. The van der Waals surface area contributed by atoms with Gasteiger partial charge in [-0.25, -0.2) is 9.80 Å². The first-order valence-corrected chi connectivity index (χ1v) is 16.9. The number of imide groups is 2. The Kier molecular flexibility index (Phi) is 7.42. The van der Waals surface area contributed by atoms with E-state index in [9.17, 15) is 19.2 Å². The fourth-order valence-corrected chi connectivity index (χ4v) is 7.20. The highest BCUT2D eigenvalue weighted by atomic mass is 16.2. The second kappa shape index (κ2) is 11.9. The van der Waals surface area contributed by atoms with Gasteiger partial charge in [-0.2, -0.15) is 0 Å². The molecule has 0 fully saturated rings. The van der Waals surface area contributed by atoms with Crippen LogP contribution in [-0.2, 0) is 0 Å². The van der Waals surface area contributed by atoms with Crippen LogP contribution in [0.2, 0.25) is 0 Å². The van der Waals surface area contributed by atoms with E-state index in [1.807, 2.05) is 126 Å². The molecule has 0 atom stereocenters. The van der Waals surface area contributed by atoms with Crippen molar-refractivity contribution in [2.75, 3.05) is 9.80 Å². The van der Waals surface area contributed by atoms with Crippen molar-refractivity contribution in [3.8, 4) is 33.4 Å². The molecule has 0 saturated heterocycles. The highest BCUT2D eigenvalue weighted by Gasteiger charge is 2.39. The Bertz CT molecular complexity index is 2490. The Morgan fingerprint density at radius 1 is 0.314 bits per heavy atom. The molecule has 0 unspecified atom stereocenters. The van der Waals surface area contributed by atoms with Gasteiger partial charge in [0.1, 0.15) is 0 Å². The molecule has 6 heteroatoms. The van der Waals surface area contributed by atoms with E-state index in [4.69, 9.17) is 0 Å². The van der Waals surface area contributed by atoms with E-state index in [0.717, 1.165) is 61.2 Å². The minimum absolute atomic E-state index is 0.340. The van der Waals surface area contributed by atoms with Gasteiger partial charge in [-0.05, 0) is 133 Å². The molecule has 248 valence electrons. The molecule has 6 aromatic rings. The highest BCUT2D eigenvalue weighted by Crippen LogP contribution is 2.39. The van der Waals surface area contributed by atoms with Crippen LogP contribution in [0.5, 0.6) is 0 Å². The second-order valence-corrected chi connectivity index (χ2v) is 13.6. The molecule has 8 rings (SSSR count). The minimum atomic E-state index is -0.344. The minimum Gasteiger partial charge on any atom is -0.268 e. The number of rotatable bonds is 5. The van der Waals surface area contributed by atoms with E-state index >= 15 is 0 Å². The fourth-order valence-electron chi connectivity index (χ4n) is 7.20. The Balaban J connectivity index is 1.07. The number of anilines is 2. The summed E-state index contributed by atoms with van der Waals surface area (Å²) in [4.78, 5) is 57.1. The Labute approximate surface area is 296 Å². The molecule has 0 aliphatic carbocycles. The zero-order valence-electron chi connectivity index (χ0n) is 29.0. The van der Waals surface area contributed by atoms with Crippen molar-refractivity contribution >= 4 is 35.0 Å². The highest BCUT2D eigenvalue weighted by molar-refractivity contribution is 6.36. The molecule has 0 spiro atoms. The van der Waals surface area contributed by atoms with Crippen LogP contribution in [0, 0.1) is 34.6 Å². The zero-order chi connectivity index (χ0) is 35.7. The summed E-state index contributed by atoms with van der Waals surface area (Å²) in [5.74, 6) is -1.37. The maximum Gasteiger partial charge on any atom is 0.266 e. The van der Waals surface area contributed by atoms with Crippen LogP contribution in [0.4, 0.5) is 11.4 Å². The molecule has 51 heavy (non-hydrogen) atoms. The molecule has 4 amide bonds. The summed E-state index contributed by atoms with van der Waals surface area (Å²) >= 11 is 0. The smallest absolute Gasteiger partial charge is 0.266 e. The molecular formula is C45H34N2O4. The third-order valence-electron chi connectivity index (χ3n) is 10.1. The van der Waals surface area contributed by atoms with E-state index in [0.29, 0.717) is 33.6 Å². The third kappa shape index (κ3) is 5.19. The molecule has 0 bridgehead atoms. The van der Waals surface area contributed by atoms with Gasteiger partial charge < -0.3 is 0 Å². The Morgan fingerprint density at radius 3 is 1.22 bits per heavy atom. The topological polar surface area (TPSA) is 74.8 Å². The third-order valence-corrected chi connectivity index (χ3v) is 10.1. The summed E-state index contributed by atoms with van der Waals surface area (Å²) in [5.41, 5.74) is 12.9. The van der Waals surface area contributed by atoms with E-state index in [1.165, 1.54) is 9.80 Å². The van der Waals surface area contributed by atoms with Crippen molar-refractivity contribution in [2.24, 2.45) is 0 Å². The summed E-state index contributed by atoms with van der Waals surface area (Å²) in [7, 11) is 0. The standard InChI is InChI=1S/C45H34N2O4/c1-25-6-10-30(11-7-25)32-14-17-35-38(23-32)44(50)46(42(35)48)40-19-16-34(20-28(40)4)37-21-29(5)41(22-27(37)3)47-43(49)36-18-15-33(24-39(36)45(47)51)31-12-8-26(2)9-13-31/h6-24H,1-5H3. The van der Waals surface area contributed by atoms with Crippen LogP contribution in [0.25, 0.3) is 33.4 Å². The summed E-state index contributed by atoms with van der Waals surface area (Å²) in [5, 5.41) is 0. The molecule has 0 saturated carbocycles. The normalized spacial score (nSPS) is 13.7. The summed E-state index contributed by atoms with van der Waals surface area (Å²) in [6, 6.07) is 36.5. The van der Waals surface area contributed by atoms with Gasteiger partial charge in [0, 0.05) is 0 Å². The second-order valence-electron chi connectivity index (χ2n) is 13.6. The SMILES string of the molecule is Cc1ccc(-c2ccc3c(c2)C(=O)N(c2ccc(-c4cc(C)c(N5C(=O)c6ccc(-c7ccc(C)cc7)cc6C5=O)cc4C)cc2C)C3=O)cc1. The van der Waals surface area contributed by atoms with Gasteiger partial charge in [-0.3, -0.25) is 19.2 Å². The first-order chi connectivity index (χ1) is 24.5. The Hall–Kier alpha value is -6.40. The monoisotopic (exact) mass is 666 g/mol. The lowest BCUT2D eigenvalue weighted by Crippen LogP contribution is -2.30. The number of amides is 4. The van der Waals surface area contributed by atoms with E-state index < -0.39 is 0 Å². The molecule has 2 aliphatic heterocycles. The fraction of sp³-hybridized carbons (Fsp3) is 0.111. The van der Waals surface area contributed by atoms with Gasteiger partial charge in [0.05, 0.1) is 33.6 Å². The van der Waals surface area contributed by atoms with Crippen molar-refractivity contribution in [1.29, 1.82) is 0 Å².